The van der Waals surface area contributed by atoms with Gasteiger partial charge >= 0.3 is 0 Å². The van der Waals surface area contributed by atoms with Crippen molar-refractivity contribution in [3.05, 3.63) is 29.3 Å². The Bertz CT molecular complexity index is 528. The average molecular weight is 270 g/mol. The molecule has 4 rings (SSSR count). The molecule has 1 aromatic carbocycles. The molecule has 20 heavy (non-hydrogen) atoms. The third-order valence-corrected chi connectivity index (χ3v) is 5.36. The molecule has 2 N–H and O–H groups in total. The predicted molar refractivity (Wildman–Crippen MR) is 79.4 cm³/mol. The maximum Gasteiger partial charge on any atom is 0.228 e. The van der Waals surface area contributed by atoms with Crippen molar-refractivity contribution in [2.24, 2.45) is 17.8 Å². The fraction of sp³-hybridized carbons (Fsp3) is 0.588. The van der Waals surface area contributed by atoms with Crippen molar-refractivity contribution >= 4 is 11.6 Å². The van der Waals surface area contributed by atoms with Crippen LogP contribution < -0.4 is 10.6 Å². The van der Waals surface area contributed by atoms with E-state index in [4.69, 9.17) is 0 Å². The van der Waals surface area contributed by atoms with Gasteiger partial charge in [0, 0.05) is 18.2 Å². The number of hydrogen-bond donors (Lipinski definition) is 2. The van der Waals surface area contributed by atoms with E-state index in [9.17, 15) is 4.79 Å². The number of rotatable bonds is 2. The van der Waals surface area contributed by atoms with Gasteiger partial charge in [0.05, 0.1) is 0 Å². The van der Waals surface area contributed by atoms with Gasteiger partial charge in [-0.25, -0.2) is 0 Å². The fourth-order valence-corrected chi connectivity index (χ4v) is 4.23. The van der Waals surface area contributed by atoms with Crippen molar-refractivity contribution < 1.29 is 4.79 Å². The zero-order chi connectivity index (χ0) is 13.5. The summed E-state index contributed by atoms with van der Waals surface area (Å²) in [4.78, 5) is 12.5. The standard InChI is InChI=1S/C17H22N2O/c20-17(16-12-5-1-2-6-13(12)16)19-15-7-3-4-11-8-9-18-10-14(11)15/h3-4,7,12-13,16,18H,1-2,5-6,8-10H2,(H,19,20). The van der Waals surface area contributed by atoms with Gasteiger partial charge in [-0.3, -0.25) is 4.79 Å². The van der Waals surface area contributed by atoms with E-state index in [0.29, 0.717) is 17.8 Å². The van der Waals surface area contributed by atoms with Gasteiger partial charge in [-0.15, -0.1) is 0 Å². The SMILES string of the molecule is O=C(Nc1cccc2c1CNCC2)C1C2CCCCC21. The fourth-order valence-electron chi connectivity index (χ4n) is 4.23. The molecule has 2 fully saturated rings. The normalized spacial score (nSPS) is 31.1. The lowest BCUT2D eigenvalue weighted by Crippen LogP contribution is -2.26. The van der Waals surface area contributed by atoms with Crippen LogP contribution >= 0.6 is 0 Å². The molecule has 0 aromatic heterocycles. The van der Waals surface area contributed by atoms with Gasteiger partial charge in [-0.2, -0.15) is 0 Å². The van der Waals surface area contributed by atoms with E-state index in [0.717, 1.165) is 25.2 Å². The molecule has 1 aromatic rings. The number of amides is 1. The smallest absolute Gasteiger partial charge is 0.228 e. The first kappa shape index (κ1) is 12.4. The van der Waals surface area contributed by atoms with Crippen molar-refractivity contribution in [2.75, 3.05) is 11.9 Å². The van der Waals surface area contributed by atoms with Gasteiger partial charge in [-0.05, 0) is 54.8 Å². The van der Waals surface area contributed by atoms with E-state index in [-0.39, 0.29) is 5.91 Å². The highest BCUT2D eigenvalue weighted by Gasteiger charge is 2.54. The zero-order valence-electron chi connectivity index (χ0n) is 11.8. The molecule has 3 aliphatic rings. The number of anilines is 1. The average Bonchev–Trinajstić information content (AvgIpc) is 3.22. The van der Waals surface area contributed by atoms with Crippen LogP contribution in [-0.4, -0.2) is 12.5 Å². The minimum Gasteiger partial charge on any atom is -0.326 e. The number of benzene rings is 1. The molecule has 2 aliphatic carbocycles. The lowest BCUT2D eigenvalue weighted by Gasteiger charge is -2.20. The van der Waals surface area contributed by atoms with Crippen LogP contribution in [-0.2, 0) is 17.8 Å². The first-order chi connectivity index (χ1) is 9.84. The summed E-state index contributed by atoms with van der Waals surface area (Å²) < 4.78 is 0. The highest BCUT2D eigenvalue weighted by Crippen LogP contribution is 2.55. The lowest BCUT2D eigenvalue weighted by atomic mass is 9.99. The number of nitrogens with one attached hydrogen (secondary N) is 2. The van der Waals surface area contributed by atoms with Crippen LogP contribution in [0.5, 0.6) is 0 Å². The maximum absolute atomic E-state index is 12.5. The molecule has 1 heterocycles. The maximum atomic E-state index is 12.5. The van der Waals surface area contributed by atoms with E-state index < -0.39 is 0 Å². The zero-order valence-corrected chi connectivity index (χ0v) is 11.8. The molecular formula is C17H22N2O. The van der Waals surface area contributed by atoms with Crippen molar-refractivity contribution in [2.45, 2.75) is 38.6 Å². The summed E-state index contributed by atoms with van der Waals surface area (Å²) in [5, 5.41) is 6.61. The number of carbonyl (C=O) groups is 1. The summed E-state index contributed by atoms with van der Waals surface area (Å²) in [6.07, 6.45) is 6.22. The van der Waals surface area contributed by atoms with Crippen LogP contribution in [0.15, 0.2) is 18.2 Å². The molecule has 3 heteroatoms. The Morgan fingerprint density at radius 2 is 2.00 bits per heavy atom. The third kappa shape index (κ3) is 2.05. The topological polar surface area (TPSA) is 41.1 Å². The molecule has 0 saturated heterocycles. The molecule has 2 atom stereocenters. The van der Waals surface area contributed by atoms with Gasteiger partial charge in [0.1, 0.15) is 0 Å². The highest BCUT2D eigenvalue weighted by atomic mass is 16.2. The molecule has 3 nitrogen and oxygen atoms in total. The molecule has 0 bridgehead atoms. The molecule has 0 radical (unpaired) electrons. The minimum absolute atomic E-state index is 0.265. The van der Waals surface area contributed by atoms with E-state index in [1.165, 1.54) is 36.8 Å². The van der Waals surface area contributed by atoms with E-state index in [1.54, 1.807) is 0 Å². The van der Waals surface area contributed by atoms with Crippen LogP contribution in [0.2, 0.25) is 0 Å². The van der Waals surface area contributed by atoms with Crippen LogP contribution in [0.3, 0.4) is 0 Å². The first-order valence-electron chi connectivity index (χ1n) is 7.97. The summed E-state index contributed by atoms with van der Waals surface area (Å²) in [6.45, 7) is 1.92. The Morgan fingerprint density at radius 1 is 1.20 bits per heavy atom. The highest BCUT2D eigenvalue weighted by molar-refractivity contribution is 5.95. The van der Waals surface area contributed by atoms with Crippen molar-refractivity contribution in [3.8, 4) is 0 Å². The molecule has 0 spiro atoms. The quantitative estimate of drug-likeness (QED) is 0.867. The van der Waals surface area contributed by atoms with Gasteiger partial charge < -0.3 is 10.6 Å². The monoisotopic (exact) mass is 270 g/mol. The summed E-state index contributed by atoms with van der Waals surface area (Å²) in [5.74, 6) is 1.92. The van der Waals surface area contributed by atoms with E-state index in [2.05, 4.69) is 28.8 Å². The second-order valence-electron chi connectivity index (χ2n) is 6.50. The van der Waals surface area contributed by atoms with Crippen LogP contribution in [0.25, 0.3) is 0 Å². The first-order valence-corrected chi connectivity index (χ1v) is 7.97. The van der Waals surface area contributed by atoms with Gasteiger partial charge in [-0.1, -0.05) is 25.0 Å². The Balaban J connectivity index is 1.50. The molecule has 2 unspecified atom stereocenters. The van der Waals surface area contributed by atoms with Crippen LogP contribution in [0.4, 0.5) is 5.69 Å². The summed E-state index contributed by atoms with van der Waals surface area (Å²) in [5.41, 5.74) is 3.70. The van der Waals surface area contributed by atoms with Gasteiger partial charge in [0.25, 0.3) is 0 Å². The predicted octanol–water partition coefficient (Wildman–Crippen LogP) is 2.71. The Labute approximate surface area is 120 Å². The molecule has 2 saturated carbocycles. The van der Waals surface area contributed by atoms with Crippen molar-refractivity contribution in [1.29, 1.82) is 0 Å². The lowest BCUT2D eigenvalue weighted by molar-refractivity contribution is -0.117. The van der Waals surface area contributed by atoms with E-state index >= 15 is 0 Å². The van der Waals surface area contributed by atoms with Gasteiger partial charge in [0.2, 0.25) is 5.91 Å². The Hall–Kier alpha value is -1.35. The Kier molecular flexibility index (Phi) is 3.03. The number of carbonyl (C=O) groups excluding carboxylic acids is 1. The largest absolute Gasteiger partial charge is 0.326 e. The molecule has 1 aliphatic heterocycles. The summed E-state index contributed by atoms with van der Waals surface area (Å²) >= 11 is 0. The molecule has 106 valence electrons. The second kappa shape index (κ2) is 4.88. The second-order valence-corrected chi connectivity index (χ2v) is 6.50. The minimum atomic E-state index is 0.265. The van der Waals surface area contributed by atoms with Gasteiger partial charge in [0.15, 0.2) is 0 Å². The Morgan fingerprint density at radius 3 is 2.80 bits per heavy atom. The molecule has 1 amide bonds. The van der Waals surface area contributed by atoms with Crippen LogP contribution in [0.1, 0.15) is 36.8 Å². The van der Waals surface area contributed by atoms with Crippen molar-refractivity contribution in [3.63, 3.8) is 0 Å². The summed E-state index contributed by atoms with van der Waals surface area (Å²) in [6, 6.07) is 6.30. The number of fused-ring (bicyclic) bond motifs is 2. The number of hydrogen-bond acceptors (Lipinski definition) is 2. The molecular weight excluding hydrogens is 248 g/mol. The van der Waals surface area contributed by atoms with E-state index in [1.807, 2.05) is 0 Å². The van der Waals surface area contributed by atoms with Crippen LogP contribution in [0, 0.1) is 17.8 Å². The van der Waals surface area contributed by atoms with Crippen molar-refractivity contribution in [1.82, 2.24) is 5.32 Å². The third-order valence-electron chi connectivity index (χ3n) is 5.36. The summed E-state index contributed by atoms with van der Waals surface area (Å²) in [7, 11) is 0.